The summed E-state index contributed by atoms with van der Waals surface area (Å²) in [6.45, 7) is 0. The van der Waals surface area contributed by atoms with Crippen molar-refractivity contribution < 1.29 is 27.1 Å². The van der Waals surface area contributed by atoms with Gasteiger partial charge in [0.05, 0.1) is 0 Å². The lowest BCUT2D eigenvalue weighted by atomic mass is 10.3. The molecule has 0 atom stereocenters. The largest absolute Gasteiger partial charge is 0.458 e. The van der Waals surface area contributed by atoms with E-state index in [0.29, 0.717) is 0 Å². The van der Waals surface area contributed by atoms with Crippen molar-refractivity contribution in [3.63, 3.8) is 0 Å². The zero-order valence-corrected chi connectivity index (χ0v) is 4.30. The van der Waals surface area contributed by atoms with Crippen LogP contribution < -0.4 is 0 Å². The zero-order chi connectivity index (χ0) is 8.41. The van der Waals surface area contributed by atoms with E-state index in [4.69, 9.17) is 5.11 Å². The van der Waals surface area contributed by atoms with Gasteiger partial charge in [-0.15, -0.1) is 9.50 Å². The third-order valence-electron chi connectivity index (χ3n) is 0.570. The van der Waals surface area contributed by atoms with E-state index in [1.165, 1.54) is 0 Å². The summed E-state index contributed by atoms with van der Waals surface area (Å²) < 4.78 is 55.8. The Kier molecular flexibility index (Phi) is 2.22. The van der Waals surface area contributed by atoms with Crippen LogP contribution in [0, 0.1) is 12.1 Å². The van der Waals surface area contributed by atoms with Gasteiger partial charge in [-0.1, -0.05) is 0 Å². The molecule has 1 radical (unpaired) electrons. The average Bonchev–Trinajstić information content (AvgIpc) is 1.61. The molecule has 10 heavy (non-hydrogen) atoms. The van der Waals surface area contributed by atoms with Gasteiger partial charge in [0.15, 0.2) is 0 Å². The van der Waals surface area contributed by atoms with E-state index in [0.717, 1.165) is 0 Å². The predicted molar refractivity (Wildman–Crippen MR) is 19.5 cm³/mol. The first-order valence-electron chi connectivity index (χ1n) is 1.90. The number of rotatable bonds is 1. The summed E-state index contributed by atoms with van der Waals surface area (Å²) in [6.07, 6.45) is -5.52. The molecule has 6 heteroatoms. The van der Waals surface area contributed by atoms with Crippen LogP contribution >= 0.6 is 0 Å². The summed E-state index contributed by atoms with van der Waals surface area (Å²) in [5.41, 5.74) is 0. The van der Waals surface area contributed by atoms with Gasteiger partial charge in [-0.3, -0.25) is 0 Å². The molecule has 0 aliphatic carbocycles. The minimum Gasteiger partial charge on any atom is -0.181 e. The highest BCUT2D eigenvalue weighted by atomic mass is 19.3. The Hall–Kier alpha value is -0.830. The number of alkyl halides is 4. The van der Waals surface area contributed by atoms with Crippen molar-refractivity contribution in [3.05, 3.63) is 0 Å². The standard InChI is InChI=1S/C4F5O/c5-2-1-3(6,7)4(8,9)10. The van der Waals surface area contributed by atoms with E-state index >= 15 is 0 Å². The highest BCUT2D eigenvalue weighted by Gasteiger charge is 2.56. The fourth-order valence-electron chi connectivity index (χ4n) is 0.132. The highest BCUT2D eigenvalue weighted by Crippen LogP contribution is 2.31. The second-order valence-corrected chi connectivity index (χ2v) is 1.31. The van der Waals surface area contributed by atoms with Gasteiger partial charge in [0, 0.05) is 5.92 Å². The first-order chi connectivity index (χ1) is 4.31. The van der Waals surface area contributed by atoms with E-state index in [9.17, 15) is 22.0 Å². The third-order valence-corrected chi connectivity index (χ3v) is 0.570. The molecule has 0 bridgehead atoms. The van der Waals surface area contributed by atoms with Crippen molar-refractivity contribution in [3.8, 4) is 12.1 Å². The first-order valence-corrected chi connectivity index (χ1v) is 1.90. The van der Waals surface area contributed by atoms with Crippen LogP contribution in [-0.4, -0.2) is 12.0 Å². The van der Waals surface area contributed by atoms with Gasteiger partial charge >= 0.3 is 12.0 Å². The molecular weight excluding hydrogens is 159 g/mol. The summed E-state index contributed by atoms with van der Waals surface area (Å²) in [6, 6.07) is 0. The maximum atomic E-state index is 11.5. The number of hydrogen-bond acceptors (Lipinski definition) is 0. The summed E-state index contributed by atoms with van der Waals surface area (Å²) in [7, 11) is 0. The maximum Gasteiger partial charge on any atom is 0.458 e. The van der Waals surface area contributed by atoms with Gasteiger partial charge in [-0.25, -0.2) is 0 Å². The Labute approximate surface area is 52.5 Å². The molecule has 0 saturated heterocycles. The highest BCUT2D eigenvalue weighted by molar-refractivity contribution is 5.07. The molecule has 0 aromatic heterocycles. The molecular formula is C4F5O. The van der Waals surface area contributed by atoms with Crippen LogP contribution in [0.25, 0.3) is 0 Å². The topological polar surface area (TPSA) is 19.9 Å². The van der Waals surface area contributed by atoms with Crippen molar-refractivity contribution in [1.29, 1.82) is 0 Å². The molecule has 0 aliphatic rings. The maximum absolute atomic E-state index is 11.5. The minimum atomic E-state index is -5.55. The monoisotopic (exact) mass is 159 g/mol. The van der Waals surface area contributed by atoms with Crippen molar-refractivity contribution in [2.75, 3.05) is 0 Å². The van der Waals surface area contributed by atoms with Crippen molar-refractivity contribution in [2.45, 2.75) is 12.0 Å². The Morgan fingerprint density at radius 1 is 1.10 bits per heavy atom. The predicted octanol–water partition coefficient (Wildman–Crippen LogP) is 1.58. The first kappa shape index (κ1) is 9.17. The molecule has 0 spiro atoms. The van der Waals surface area contributed by atoms with Crippen LogP contribution in [0.2, 0.25) is 0 Å². The van der Waals surface area contributed by atoms with E-state index in [1.807, 2.05) is 0 Å². The van der Waals surface area contributed by atoms with Crippen molar-refractivity contribution in [2.24, 2.45) is 0 Å². The quantitative estimate of drug-likeness (QED) is 0.408. The van der Waals surface area contributed by atoms with Gasteiger partial charge in [0.2, 0.25) is 0 Å². The Morgan fingerprint density at radius 2 is 1.50 bits per heavy atom. The molecule has 57 valence electrons. The van der Waals surface area contributed by atoms with E-state index < -0.39 is 12.0 Å². The summed E-state index contributed by atoms with van der Waals surface area (Å²) in [4.78, 5) is 0. The van der Waals surface area contributed by atoms with Gasteiger partial charge < -0.3 is 0 Å². The Morgan fingerprint density at radius 3 is 1.60 bits per heavy atom. The molecule has 0 fully saturated rings. The molecule has 0 rings (SSSR count). The van der Waals surface area contributed by atoms with Gasteiger partial charge in [-0.05, 0) is 0 Å². The Balaban J connectivity index is 4.51. The van der Waals surface area contributed by atoms with Crippen molar-refractivity contribution >= 4 is 0 Å². The van der Waals surface area contributed by atoms with Crippen LogP contribution in [0.5, 0.6) is 0 Å². The lowest BCUT2D eigenvalue weighted by Crippen LogP contribution is -2.37. The van der Waals surface area contributed by atoms with Crippen molar-refractivity contribution in [1.82, 2.24) is 0 Å². The smallest absolute Gasteiger partial charge is 0.181 e. The molecule has 0 N–H and O–H groups in total. The average molecular weight is 159 g/mol. The molecule has 0 unspecified atom stereocenters. The molecule has 0 saturated carbocycles. The van der Waals surface area contributed by atoms with E-state index in [-0.39, 0.29) is 12.1 Å². The fourth-order valence-corrected chi connectivity index (χ4v) is 0.132. The normalized spacial score (nSPS) is 12.2. The fraction of sp³-hybridized carbons (Fsp3) is 0.500. The molecule has 0 aromatic carbocycles. The Bertz CT molecular complexity index is 170. The minimum absolute atomic E-state index is 0.0345. The van der Waals surface area contributed by atoms with Crippen LogP contribution in [0.3, 0.4) is 0 Å². The molecule has 0 aromatic rings. The molecule has 0 amide bonds. The lowest BCUT2D eigenvalue weighted by Gasteiger charge is -2.11. The molecule has 0 heterocycles. The second-order valence-electron chi connectivity index (χ2n) is 1.31. The zero-order valence-electron chi connectivity index (χ0n) is 4.30. The summed E-state index contributed by atoms with van der Waals surface area (Å²) in [5, 5.41) is 9.16. The third kappa shape index (κ3) is 1.84. The lowest BCUT2D eigenvalue weighted by molar-refractivity contribution is -0.332. The van der Waals surface area contributed by atoms with Crippen LogP contribution in [0.15, 0.2) is 0 Å². The van der Waals surface area contributed by atoms with E-state index in [2.05, 4.69) is 0 Å². The number of halogens is 5. The SMILES string of the molecule is [O]C(F)(F)C(F)(F)C#CF. The summed E-state index contributed by atoms with van der Waals surface area (Å²) in [5.74, 6) is -4.99. The van der Waals surface area contributed by atoms with Gasteiger partial charge in [-0.2, -0.15) is 17.6 Å². The van der Waals surface area contributed by atoms with Gasteiger partial charge in [0.1, 0.15) is 6.17 Å². The molecule has 1 nitrogen and oxygen atoms in total. The van der Waals surface area contributed by atoms with Crippen LogP contribution in [-0.2, 0) is 5.11 Å². The van der Waals surface area contributed by atoms with Crippen LogP contribution in [0.4, 0.5) is 22.0 Å². The molecule has 0 aliphatic heterocycles. The van der Waals surface area contributed by atoms with E-state index in [1.54, 1.807) is 0 Å². The second kappa shape index (κ2) is 2.42. The summed E-state index contributed by atoms with van der Waals surface area (Å²) >= 11 is 0. The van der Waals surface area contributed by atoms with Gasteiger partial charge in [0.25, 0.3) is 0 Å². The number of hydrogen-bond donors (Lipinski definition) is 0. The van der Waals surface area contributed by atoms with Crippen LogP contribution in [0.1, 0.15) is 0 Å².